The topological polar surface area (TPSA) is 563 Å². The van der Waals surface area contributed by atoms with Crippen LogP contribution >= 0.6 is 0 Å². The third-order valence-electron chi connectivity index (χ3n) is 18.2. The van der Waals surface area contributed by atoms with E-state index in [0.29, 0.717) is 39.6 Å². The summed E-state index contributed by atoms with van der Waals surface area (Å²) in [6.07, 6.45) is 6.45. The van der Waals surface area contributed by atoms with Crippen LogP contribution in [0.3, 0.4) is 0 Å². The maximum atomic E-state index is 14.4. The SMILES string of the molecule is CC[C@H](NC(=O)[C@H](C)NC(=O)[C@H](CC(C)C)NC(=O)[C@H](CC(=O)OC(C)(C)C)NC(=O)CNC(=O)[C@H](CCCN/C(=N\C(=O)OC(C)(C)C)NC(=O)OC(C)(C)C)NC(C)=O)C(=O)N[C@@H](CC(C)C)C(=O)N[C@@H](CCCNC(N)=O)C(=O)NC(C)(C)C(=O)N[C@@H](CC(C)C)C(=O)NCCOCCOCCOCCOCCOCCC(=O)OC1CCCCCCCC1. The number of nitrogens with two attached hydrogens (primary N) is 1. The number of nitrogens with one attached hydrogen (secondary N) is 14. The Morgan fingerprint density at radius 3 is 1.33 bits per heavy atom. The van der Waals surface area contributed by atoms with E-state index in [1.54, 1.807) is 96.9 Å². The molecule has 0 aromatic heterocycles. The fourth-order valence-electron chi connectivity index (χ4n) is 12.2. The molecule has 722 valence electrons. The number of carbonyl (C=O) groups excluding carboxylic acids is 16. The van der Waals surface area contributed by atoms with Crippen molar-refractivity contribution in [3.63, 3.8) is 0 Å². The first kappa shape index (κ1) is 114. The number of amides is 15. The van der Waals surface area contributed by atoms with Gasteiger partial charge in [0.1, 0.15) is 76.8 Å². The predicted molar refractivity (Wildman–Crippen MR) is 467 cm³/mol. The molecule has 1 rings (SSSR count). The Kier molecular flexibility index (Phi) is 55.3. The normalized spacial score (nSPS) is 14.9. The van der Waals surface area contributed by atoms with Crippen LogP contribution in [0.2, 0.25) is 0 Å². The van der Waals surface area contributed by atoms with Gasteiger partial charge < -0.3 is 117 Å². The van der Waals surface area contributed by atoms with Gasteiger partial charge in [-0.2, -0.15) is 0 Å². The molecule has 0 bridgehead atoms. The van der Waals surface area contributed by atoms with Crippen LogP contribution < -0.4 is 80.2 Å². The number of guanidine groups is 1. The first-order chi connectivity index (χ1) is 58.9. The number of nitrogens with zero attached hydrogens (tertiary/aromatic N) is 1. The van der Waals surface area contributed by atoms with Crippen LogP contribution in [0.5, 0.6) is 0 Å². The molecule has 8 atom stereocenters. The lowest BCUT2D eigenvalue weighted by molar-refractivity contribution is -0.157. The van der Waals surface area contributed by atoms with Crippen molar-refractivity contribution in [1.29, 1.82) is 0 Å². The monoisotopic (exact) mass is 1800 g/mol. The number of hydrogen-bond donors (Lipinski definition) is 15. The van der Waals surface area contributed by atoms with Gasteiger partial charge in [0.15, 0.2) is 0 Å². The van der Waals surface area contributed by atoms with Crippen molar-refractivity contribution in [2.45, 2.75) is 331 Å². The van der Waals surface area contributed by atoms with Gasteiger partial charge in [0, 0.05) is 26.6 Å². The molecule has 0 saturated heterocycles. The Bertz CT molecular complexity index is 3440. The molecule has 41 heteroatoms. The minimum Gasteiger partial charge on any atom is -0.462 e. The highest BCUT2D eigenvalue weighted by Gasteiger charge is 2.39. The van der Waals surface area contributed by atoms with Crippen molar-refractivity contribution in [3.8, 4) is 0 Å². The molecule has 1 aliphatic rings. The summed E-state index contributed by atoms with van der Waals surface area (Å²) < 4.78 is 49.5. The van der Waals surface area contributed by atoms with E-state index >= 15 is 0 Å². The molecule has 0 heterocycles. The number of aliphatic imine (C=N–C) groups is 1. The van der Waals surface area contributed by atoms with E-state index in [0.717, 1.165) is 32.6 Å². The largest absolute Gasteiger partial charge is 0.462 e. The lowest BCUT2D eigenvalue weighted by Gasteiger charge is -2.31. The second kappa shape index (κ2) is 61.0. The standard InChI is InChI=1S/C85H152N16O25/c1-21-59(94-69(106)56(8)91-73(110)63(49-54(4)5)97-75(112)65(51-68(105)124-82(10,11)12)93-66(103)52-90-70(107)60(92-57(9)102)32-29-36-89-79(99-80(116)125-83(13,14)15)100-81(117)126-84(16,17)18)72(109)96-64(50-55(6)7)74(111)95-61(33-28-35-88-78(86)115)76(113)101-85(19,20)77(114)98-62(48-53(2)3)71(108)87-37-39-119-41-43-121-45-47-122-46-44-120-42-40-118-38-34-67(104)123-58-30-26-24-22-23-25-27-31-58/h53-56,58-65H,21-52H2,1-20H3,(H,87,108)(H,90,107)(H,91,110)(H,92,102)(H,93,103)(H,94,106)(H,95,111)(H,96,109)(H,97,112)(H,98,114)(H,101,113)(H3,86,88,115)(H2,89,99,100,116,117)/t56-,59-,60-,61-,62-,63-,64-,65-/m0/s1. The molecule has 0 unspecified atom stereocenters. The third kappa shape index (κ3) is 56.5. The minimum atomic E-state index is -1.73. The molecule has 0 radical (unpaired) electrons. The fourth-order valence-corrected chi connectivity index (χ4v) is 12.2. The quantitative estimate of drug-likeness (QED) is 0.0136. The van der Waals surface area contributed by atoms with Crippen LogP contribution in [0, 0.1) is 17.8 Å². The highest BCUT2D eigenvalue weighted by Crippen LogP contribution is 2.21. The van der Waals surface area contributed by atoms with Crippen LogP contribution in [-0.4, -0.2) is 270 Å². The number of urea groups is 1. The summed E-state index contributed by atoms with van der Waals surface area (Å²) in [5.41, 5.74) is 0.693. The number of ether oxygens (including phenoxy) is 9. The van der Waals surface area contributed by atoms with E-state index in [4.69, 9.17) is 48.4 Å². The molecule has 16 N–H and O–H groups in total. The van der Waals surface area contributed by atoms with Gasteiger partial charge >= 0.3 is 30.2 Å². The van der Waals surface area contributed by atoms with E-state index in [2.05, 4.69) is 79.4 Å². The Morgan fingerprint density at radius 1 is 0.413 bits per heavy atom. The van der Waals surface area contributed by atoms with Crippen molar-refractivity contribution in [3.05, 3.63) is 0 Å². The molecular weight excluding hydrogens is 1650 g/mol. The minimum absolute atomic E-state index is 0.000507. The van der Waals surface area contributed by atoms with Crippen LogP contribution in [0.15, 0.2) is 4.99 Å². The molecule has 1 fully saturated rings. The molecular formula is C85H152N16O25. The second-order valence-electron chi connectivity index (χ2n) is 35.8. The number of hydrogen-bond acceptors (Lipinski definition) is 25. The molecule has 1 aliphatic carbocycles. The third-order valence-corrected chi connectivity index (χ3v) is 18.2. The van der Waals surface area contributed by atoms with Gasteiger partial charge in [-0.1, -0.05) is 74.1 Å². The first-order valence-electron chi connectivity index (χ1n) is 44.0. The van der Waals surface area contributed by atoms with Crippen LogP contribution in [0.4, 0.5) is 14.4 Å². The van der Waals surface area contributed by atoms with E-state index in [1.807, 2.05) is 13.8 Å². The zero-order chi connectivity index (χ0) is 95.3. The lowest BCUT2D eigenvalue weighted by Crippen LogP contribution is -2.63. The maximum Gasteiger partial charge on any atom is 0.437 e. The summed E-state index contributed by atoms with van der Waals surface area (Å²) in [7, 11) is 0. The van der Waals surface area contributed by atoms with Crippen LogP contribution in [-0.2, 0) is 105 Å². The van der Waals surface area contributed by atoms with Crippen molar-refractivity contribution >= 4 is 101 Å². The highest BCUT2D eigenvalue weighted by atomic mass is 16.6. The van der Waals surface area contributed by atoms with Gasteiger partial charge in [-0.25, -0.2) is 14.4 Å². The van der Waals surface area contributed by atoms with Gasteiger partial charge in [0.05, 0.1) is 85.5 Å². The van der Waals surface area contributed by atoms with E-state index < -0.39 is 173 Å². The highest BCUT2D eigenvalue weighted by molar-refractivity contribution is 6.01. The zero-order valence-electron chi connectivity index (χ0n) is 78.3. The first-order valence-corrected chi connectivity index (χ1v) is 44.0. The van der Waals surface area contributed by atoms with Gasteiger partial charge in [-0.05, 0) is 178 Å². The van der Waals surface area contributed by atoms with Gasteiger partial charge in [0.2, 0.25) is 70.9 Å². The van der Waals surface area contributed by atoms with E-state index in [9.17, 15) is 76.7 Å². The number of carbonyl (C=O) groups is 16. The average molecular weight is 1800 g/mol. The van der Waals surface area contributed by atoms with Gasteiger partial charge in [-0.15, -0.1) is 4.99 Å². The van der Waals surface area contributed by atoms with Gasteiger partial charge in [0.25, 0.3) is 0 Å². The van der Waals surface area contributed by atoms with Crippen LogP contribution in [0.1, 0.15) is 254 Å². The van der Waals surface area contributed by atoms with E-state index in [-0.39, 0.29) is 140 Å². The van der Waals surface area contributed by atoms with Crippen LogP contribution in [0.25, 0.3) is 0 Å². The molecule has 0 spiro atoms. The maximum absolute atomic E-state index is 14.4. The number of rotatable bonds is 56. The molecule has 41 nitrogen and oxygen atoms in total. The number of primary amides is 1. The van der Waals surface area contributed by atoms with Crippen molar-refractivity contribution in [2.24, 2.45) is 28.5 Å². The summed E-state index contributed by atoms with van der Waals surface area (Å²) in [6.45, 7) is 34.1. The lowest BCUT2D eigenvalue weighted by atomic mass is 9.98. The Balaban J connectivity index is 3.08. The predicted octanol–water partition coefficient (Wildman–Crippen LogP) is 3.47. The van der Waals surface area contributed by atoms with Gasteiger partial charge in [-0.3, -0.25) is 67.6 Å². The Labute approximate surface area is 743 Å². The molecule has 126 heavy (non-hydrogen) atoms. The molecule has 0 aromatic carbocycles. The summed E-state index contributed by atoms with van der Waals surface area (Å²) in [5, 5.41) is 36.1. The summed E-state index contributed by atoms with van der Waals surface area (Å²) >= 11 is 0. The van der Waals surface area contributed by atoms with Crippen molar-refractivity contribution < 1.29 is 119 Å². The molecule has 1 saturated carbocycles. The fraction of sp³-hybridized carbons (Fsp3) is 0.800. The Hall–Kier alpha value is -9.61. The number of esters is 2. The zero-order valence-corrected chi connectivity index (χ0v) is 78.3. The average Bonchev–Trinajstić information content (AvgIpc) is 0.961. The van der Waals surface area contributed by atoms with Crippen molar-refractivity contribution in [1.82, 2.24) is 74.4 Å². The van der Waals surface area contributed by atoms with E-state index in [1.165, 1.54) is 46.5 Å². The smallest absolute Gasteiger partial charge is 0.437 e. The second-order valence-corrected chi connectivity index (χ2v) is 35.8. The summed E-state index contributed by atoms with van der Waals surface area (Å²) in [4.78, 5) is 219. The molecule has 0 aromatic rings. The Morgan fingerprint density at radius 2 is 0.841 bits per heavy atom. The number of alkyl carbamates (subject to hydrolysis) is 1. The summed E-state index contributed by atoms with van der Waals surface area (Å²) in [5.74, 6) is -11.2. The van der Waals surface area contributed by atoms with Crippen molar-refractivity contribution in [2.75, 3.05) is 92.2 Å². The molecule has 15 amide bonds. The molecule has 0 aliphatic heterocycles. The summed E-state index contributed by atoms with van der Waals surface area (Å²) in [6, 6.07) is -11.8.